The molecule has 0 spiro atoms. The van der Waals surface area contributed by atoms with Crippen LogP contribution in [0.25, 0.3) is 10.4 Å². The van der Waals surface area contributed by atoms with Gasteiger partial charge >= 0.3 is 46.6 Å². The average Bonchev–Trinajstić information content (AvgIpc) is 1.61. The van der Waals surface area contributed by atoms with Crippen LogP contribution in [0.15, 0.2) is 3.34 Å². The number of hydrogen-bond acceptors (Lipinski definition) is 1. The molecule has 3 nitrogen and oxygen atoms in total. The maximum atomic E-state index is 7.70. The second-order valence-corrected chi connectivity index (χ2v) is 4.19. The first-order chi connectivity index (χ1) is 2.91. The van der Waals surface area contributed by atoms with Gasteiger partial charge in [0.1, 0.15) is 0 Å². The van der Waals surface area contributed by atoms with Crippen molar-refractivity contribution in [2.24, 2.45) is 3.34 Å². The van der Waals surface area contributed by atoms with E-state index in [0.29, 0.717) is 0 Å². The van der Waals surface area contributed by atoms with Crippen LogP contribution in [0.4, 0.5) is 0 Å². The number of hydrogen-bond donors (Lipinski definition) is 0. The van der Waals surface area contributed by atoms with Gasteiger partial charge in [-0.25, -0.2) is 0 Å². The van der Waals surface area contributed by atoms with Crippen molar-refractivity contribution >= 4 is 21.4 Å². The number of nitrogens with zero attached hydrogens (tertiary/aromatic N) is 3. The topological polar surface area (TPSA) is 48.8 Å². The fourth-order valence-corrected chi connectivity index (χ4v) is 0.686. The Balaban J connectivity index is 2.86. The Hall–Kier alpha value is 0.109. The van der Waals surface area contributed by atoms with E-state index in [9.17, 15) is 0 Å². The van der Waals surface area contributed by atoms with Crippen molar-refractivity contribution in [2.75, 3.05) is 0 Å². The summed E-state index contributed by atoms with van der Waals surface area (Å²) < 4.78 is 4.55. The summed E-state index contributed by atoms with van der Waals surface area (Å²) in [6.45, 7) is 2.04. The van der Waals surface area contributed by atoms with Crippen LogP contribution in [-0.2, 0) is 0 Å². The molecule has 0 atom stereocenters. The predicted molar refractivity (Wildman–Crippen MR) is 25.4 cm³/mol. The summed E-state index contributed by atoms with van der Waals surface area (Å²) in [5.74, 6) is 0. The van der Waals surface area contributed by atoms with E-state index in [2.05, 4.69) is 8.25 Å². The maximum absolute atomic E-state index is 7.70. The third-order valence-corrected chi connectivity index (χ3v) is 1.84. The molecule has 0 heterocycles. The first-order valence-corrected chi connectivity index (χ1v) is 4.98. The molecule has 0 aromatic heterocycles. The summed E-state index contributed by atoms with van der Waals surface area (Å²) in [4.78, 5) is 2.63. The summed E-state index contributed by atoms with van der Waals surface area (Å²) in [7, 11) is 0. The molecule has 0 saturated carbocycles. The van der Waals surface area contributed by atoms with Crippen LogP contribution >= 0.6 is 0 Å². The van der Waals surface area contributed by atoms with Crippen LogP contribution < -0.4 is 0 Å². The van der Waals surface area contributed by atoms with Crippen molar-refractivity contribution in [1.29, 1.82) is 0 Å². The van der Waals surface area contributed by atoms with Gasteiger partial charge in [-0.15, -0.1) is 0 Å². The summed E-state index contributed by atoms with van der Waals surface area (Å²) in [6.07, 6.45) is 0. The summed E-state index contributed by atoms with van der Waals surface area (Å²) in [5, 5.41) is 0. The molecule has 0 aliphatic carbocycles. The van der Waals surface area contributed by atoms with Gasteiger partial charge in [-0.3, -0.25) is 0 Å². The van der Waals surface area contributed by atoms with Crippen molar-refractivity contribution in [3.8, 4) is 0 Å². The summed E-state index contributed by atoms with van der Waals surface area (Å²) in [5.41, 5.74) is 7.70. The molecule has 0 N–H and O–H groups in total. The Bertz CT molecular complexity index is 65.2. The van der Waals surface area contributed by atoms with Crippen LogP contribution in [0.2, 0.25) is 4.44 Å². The van der Waals surface area contributed by atoms with Crippen LogP contribution in [0.1, 0.15) is 6.92 Å². The zero-order valence-corrected chi connectivity index (χ0v) is 6.40. The summed E-state index contributed by atoms with van der Waals surface area (Å²) >= 11 is -0.592. The molecule has 2 radical (unpaired) electrons. The third-order valence-electron chi connectivity index (χ3n) is 0.274. The Labute approximate surface area is 46.9 Å². The monoisotopic (exact) mass is 191 g/mol. The van der Waals surface area contributed by atoms with Crippen LogP contribution in [-0.4, -0.2) is 21.4 Å². The first-order valence-electron chi connectivity index (χ1n) is 1.68. The Morgan fingerprint density at radius 2 is 2.67 bits per heavy atom. The van der Waals surface area contributed by atoms with Crippen molar-refractivity contribution in [3.63, 3.8) is 0 Å². The van der Waals surface area contributed by atoms with Gasteiger partial charge in [-0.1, -0.05) is 0 Å². The van der Waals surface area contributed by atoms with Gasteiger partial charge in [0.05, 0.1) is 0 Å². The standard InChI is InChI=1S/C2H5.N3.Sn/c1-2;1-3-2;/h1H2,2H3;;/q;-1;+1. The SMILES string of the molecule is C[CH2][Sn][N]=[N+]=[N-]. The molecule has 0 amide bonds. The van der Waals surface area contributed by atoms with E-state index >= 15 is 0 Å². The second kappa shape index (κ2) is 5.11. The predicted octanol–water partition coefficient (Wildman–Crippen LogP) is 1.35. The molecule has 0 unspecified atom stereocenters. The van der Waals surface area contributed by atoms with E-state index in [4.69, 9.17) is 5.53 Å². The van der Waals surface area contributed by atoms with E-state index in [0.717, 1.165) is 4.44 Å². The van der Waals surface area contributed by atoms with Crippen LogP contribution in [0.5, 0.6) is 0 Å². The minimum absolute atomic E-state index is 0.592. The molecule has 6 heavy (non-hydrogen) atoms. The molecule has 0 aliphatic rings. The minimum atomic E-state index is -0.592. The van der Waals surface area contributed by atoms with Crippen molar-refractivity contribution in [3.05, 3.63) is 10.4 Å². The van der Waals surface area contributed by atoms with Crippen LogP contribution in [0, 0.1) is 0 Å². The number of azide groups is 1. The second-order valence-electron chi connectivity index (χ2n) is 0.701. The fraction of sp³-hybridized carbons (Fsp3) is 1.00. The molecule has 0 bridgehead atoms. The van der Waals surface area contributed by atoms with Gasteiger partial charge in [-0.2, -0.15) is 0 Å². The third kappa shape index (κ3) is 4.11. The molecule has 0 aliphatic heterocycles. The van der Waals surface area contributed by atoms with E-state index in [-0.39, 0.29) is 0 Å². The van der Waals surface area contributed by atoms with Gasteiger partial charge in [0.15, 0.2) is 0 Å². The van der Waals surface area contributed by atoms with Crippen molar-refractivity contribution < 1.29 is 0 Å². The summed E-state index contributed by atoms with van der Waals surface area (Å²) in [6, 6.07) is 0. The van der Waals surface area contributed by atoms with Crippen LogP contribution in [0.3, 0.4) is 0 Å². The zero-order valence-electron chi connectivity index (χ0n) is 3.55. The van der Waals surface area contributed by atoms with Gasteiger partial charge in [-0.05, 0) is 0 Å². The van der Waals surface area contributed by atoms with Gasteiger partial charge in [0.25, 0.3) is 0 Å². The first kappa shape index (κ1) is 6.11. The van der Waals surface area contributed by atoms with E-state index in [1.54, 1.807) is 0 Å². The molecule has 32 valence electrons. The Morgan fingerprint density at radius 1 is 2.00 bits per heavy atom. The van der Waals surface area contributed by atoms with Crippen molar-refractivity contribution in [2.45, 2.75) is 11.4 Å². The van der Waals surface area contributed by atoms with E-state index < -0.39 is 21.4 Å². The molecular weight excluding hydrogens is 185 g/mol. The Morgan fingerprint density at radius 3 is 2.83 bits per heavy atom. The molecule has 4 heteroatoms. The molecular formula is C2H5N3Sn. The normalized spacial score (nSPS) is 6.83. The van der Waals surface area contributed by atoms with E-state index in [1.165, 1.54) is 0 Å². The van der Waals surface area contributed by atoms with Gasteiger partial charge in [0.2, 0.25) is 0 Å². The fourth-order valence-electron chi connectivity index (χ4n) is 0.102. The zero-order chi connectivity index (χ0) is 4.83. The van der Waals surface area contributed by atoms with Gasteiger partial charge < -0.3 is 0 Å². The molecule has 0 fully saturated rings. The molecule has 0 rings (SSSR count). The van der Waals surface area contributed by atoms with Gasteiger partial charge in [0, 0.05) is 0 Å². The quantitative estimate of drug-likeness (QED) is 0.273. The average molecular weight is 190 g/mol. The van der Waals surface area contributed by atoms with Crippen molar-refractivity contribution in [1.82, 2.24) is 0 Å². The van der Waals surface area contributed by atoms with E-state index in [1.807, 2.05) is 6.92 Å². The number of rotatable bonds is 2. The Kier molecular flexibility index (Phi) is 5.20. The molecule has 0 saturated heterocycles. The molecule has 0 aromatic carbocycles. The molecule has 0 aromatic rings.